The zero-order valence-corrected chi connectivity index (χ0v) is 19.3. The molecule has 0 amide bonds. The van der Waals surface area contributed by atoms with Crippen LogP contribution < -0.4 is 9.47 Å². The molecule has 2 aromatic heterocycles. The van der Waals surface area contributed by atoms with Crippen LogP contribution in [0.15, 0.2) is 84.9 Å². The molecule has 0 saturated heterocycles. The average molecular weight is 485 g/mol. The van der Waals surface area contributed by atoms with Gasteiger partial charge in [-0.1, -0.05) is 48.5 Å². The summed E-state index contributed by atoms with van der Waals surface area (Å²) >= 11 is 0. The number of ether oxygens (including phenoxy) is 2. The second-order valence-electron chi connectivity index (χ2n) is 7.96. The predicted octanol–water partition coefficient (Wildman–Crippen LogP) is 4.56. The molecule has 0 aliphatic rings. The van der Waals surface area contributed by atoms with E-state index < -0.39 is 11.9 Å². The van der Waals surface area contributed by atoms with E-state index in [9.17, 15) is 9.59 Å². The quantitative estimate of drug-likeness (QED) is 0.318. The fourth-order valence-electron chi connectivity index (χ4n) is 3.62. The number of aromatic nitrogens is 2. The summed E-state index contributed by atoms with van der Waals surface area (Å²) in [6, 6.07) is 25.1. The minimum atomic E-state index is -0.925. The molecule has 0 aliphatic carbocycles. The minimum absolute atomic E-state index is 0.122. The Balaban J connectivity index is 1.45. The van der Waals surface area contributed by atoms with E-state index in [0.29, 0.717) is 45.4 Å². The number of carboxylic acids is 2. The van der Waals surface area contributed by atoms with Crippen molar-refractivity contribution in [2.45, 2.75) is 26.1 Å². The van der Waals surface area contributed by atoms with Gasteiger partial charge in [-0.2, -0.15) is 0 Å². The van der Waals surface area contributed by atoms with E-state index in [2.05, 4.69) is 9.97 Å². The zero-order chi connectivity index (χ0) is 25.3. The second-order valence-corrected chi connectivity index (χ2v) is 7.96. The number of carbonyl (C=O) groups is 2. The van der Waals surface area contributed by atoms with Gasteiger partial charge in [-0.25, -0.2) is 9.97 Å². The van der Waals surface area contributed by atoms with Crippen molar-refractivity contribution in [1.29, 1.82) is 0 Å². The molecule has 2 N–H and O–H groups in total. The van der Waals surface area contributed by atoms with Crippen LogP contribution in [-0.4, -0.2) is 32.1 Å². The first-order valence-corrected chi connectivity index (χ1v) is 11.2. The highest BCUT2D eigenvalue weighted by molar-refractivity contribution is 5.71. The summed E-state index contributed by atoms with van der Waals surface area (Å²) in [5.41, 5.74) is 3.85. The molecule has 0 bridgehead atoms. The fourth-order valence-corrected chi connectivity index (χ4v) is 3.62. The molecule has 2 heterocycles. The van der Waals surface area contributed by atoms with E-state index in [1.165, 1.54) is 0 Å². The number of aliphatic carboxylic acids is 2. The molecule has 0 saturated carbocycles. The van der Waals surface area contributed by atoms with E-state index in [4.69, 9.17) is 19.7 Å². The summed E-state index contributed by atoms with van der Waals surface area (Å²) in [5, 5.41) is 18.2. The highest BCUT2D eigenvalue weighted by atomic mass is 16.5. The smallest absolute Gasteiger partial charge is 0.307 e. The monoisotopic (exact) mass is 484 g/mol. The van der Waals surface area contributed by atoms with Crippen molar-refractivity contribution in [3.8, 4) is 22.9 Å². The van der Waals surface area contributed by atoms with E-state index in [1.807, 2.05) is 36.4 Å². The van der Waals surface area contributed by atoms with Crippen molar-refractivity contribution in [1.82, 2.24) is 9.97 Å². The lowest BCUT2D eigenvalue weighted by molar-refractivity contribution is -0.137. The van der Waals surface area contributed by atoms with Crippen LogP contribution in [0.2, 0.25) is 0 Å². The van der Waals surface area contributed by atoms with Crippen LogP contribution in [0, 0.1) is 0 Å². The molecule has 0 unspecified atom stereocenters. The third kappa shape index (κ3) is 6.66. The first-order chi connectivity index (χ1) is 17.5. The Morgan fingerprint density at radius 3 is 1.42 bits per heavy atom. The molecule has 0 fully saturated rings. The molecule has 8 heteroatoms. The number of para-hydroxylation sites is 2. The third-order valence-corrected chi connectivity index (χ3v) is 5.26. The molecule has 8 nitrogen and oxygen atoms in total. The summed E-state index contributed by atoms with van der Waals surface area (Å²) in [6.07, 6.45) is -0.244. The summed E-state index contributed by atoms with van der Waals surface area (Å²) in [7, 11) is 0. The number of benzene rings is 2. The predicted molar refractivity (Wildman–Crippen MR) is 132 cm³/mol. The van der Waals surface area contributed by atoms with Crippen LogP contribution in [0.4, 0.5) is 0 Å². The Morgan fingerprint density at radius 2 is 1.00 bits per heavy atom. The molecule has 0 aliphatic heterocycles. The lowest BCUT2D eigenvalue weighted by Crippen LogP contribution is -2.06. The average Bonchev–Trinajstić information content (AvgIpc) is 2.87. The molecule has 182 valence electrons. The highest BCUT2D eigenvalue weighted by Crippen LogP contribution is 2.22. The van der Waals surface area contributed by atoms with Crippen molar-refractivity contribution >= 4 is 11.9 Å². The number of rotatable bonds is 11. The van der Waals surface area contributed by atoms with Gasteiger partial charge in [0.1, 0.15) is 24.7 Å². The Hall–Kier alpha value is -4.72. The van der Waals surface area contributed by atoms with E-state index in [-0.39, 0.29) is 26.1 Å². The van der Waals surface area contributed by atoms with Gasteiger partial charge in [-0.05, 0) is 36.4 Å². The first-order valence-electron chi connectivity index (χ1n) is 11.2. The van der Waals surface area contributed by atoms with Gasteiger partial charge in [0.15, 0.2) is 0 Å². The van der Waals surface area contributed by atoms with E-state index >= 15 is 0 Å². The Labute approximate surface area is 207 Å². The number of hydrogen-bond donors (Lipinski definition) is 2. The maximum Gasteiger partial charge on any atom is 0.307 e. The van der Waals surface area contributed by atoms with Crippen LogP contribution in [0.5, 0.6) is 11.5 Å². The Kier molecular flexibility index (Phi) is 7.87. The topological polar surface area (TPSA) is 119 Å². The van der Waals surface area contributed by atoms with Crippen LogP contribution in [-0.2, 0) is 35.6 Å². The zero-order valence-electron chi connectivity index (χ0n) is 19.3. The van der Waals surface area contributed by atoms with Gasteiger partial charge in [-0.15, -0.1) is 0 Å². The summed E-state index contributed by atoms with van der Waals surface area (Å²) in [6.45, 7) is 0.348. The molecule has 4 rings (SSSR count). The molecule has 0 spiro atoms. The van der Waals surface area contributed by atoms with Crippen LogP contribution in [0.1, 0.15) is 22.5 Å². The molecule has 36 heavy (non-hydrogen) atoms. The number of pyridine rings is 2. The molecule has 2 aromatic carbocycles. The Morgan fingerprint density at radius 1 is 0.583 bits per heavy atom. The third-order valence-electron chi connectivity index (χ3n) is 5.26. The first kappa shape index (κ1) is 24.4. The standard InChI is InChI=1S/C28H24N2O6/c31-27(32)15-19-7-1-3-13-25(19)35-17-21-9-5-11-23(29-21)24-12-6-10-22(30-24)18-36-26-14-4-2-8-20(26)16-28(33)34/h1-14H,15-18H2,(H,31,32)(H,33,34). The highest BCUT2D eigenvalue weighted by Gasteiger charge is 2.11. The van der Waals surface area contributed by atoms with Gasteiger partial charge in [-0.3, -0.25) is 9.59 Å². The number of carboxylic acid groups (broad SMARTS) is 2. The lowest BCUT2D eigenvalue weighted by Gasteiger charge is -2.12. The van der Waals surface area contributed by atoms with Crippen molar-refractivity contribution in [2.24, 2.45) is 0 Å². The second kappa shape index (κ2) is 11.6. The summed E-state index contributed by atoms with van der Waals surface area (Å²) in [4.78, 5) is 31.5. The van der Waals surface area contributed by atoms with Gasteiger partial charge >= 0.3 is 11.9 Å². The SMILES string of the molecule is O=C(O)Cc1ccccc1OCc1cccc(-c2cccc(COc3ccccc3CC(=O)O)n2)n1. The van der Waals surface area contributed by atoms with Crippen molar-refractivity contribution in [2.75, 3.05) is 0 Å². The number of hydrogen-bond acceptors (Lipinski definition) is 6. The molecule has 0 atom stereocenters. The number of nitrogens with zero attached hydrogens (tertiary/aromatic N) is 2. The maximum absolute atomic E-state index is 11.1. The Bertz CT molecular complexity index is 1270. The summed E-state index contributed by atoms with van der Waals surface area (Å²) in [5.74, 6) is -0.835. The van der Waals surface area contributed by atoms with Gasteiger partial charge < -0.3 is 19.7 Å². The van der Waals surface area contributed by atoms with Gasteiger partial charge in [0.25, 0.3) is 0 Å². The van der Waals surface area contributed by atoms with Gasteiger partial charge in [0.05, 0.1) is 35.6 Å². The normalized spacial score (nSPS) is 10.6. The van der Waals surface area contributed by atoms with E-state index in [1.54, 1.807) is 48.5 Å². The molecule has 0 radical (unpaired) electrons. The molecule has 4 aromatic rings. The van der Waals surface area contributed by atoms with Gasteiger partial charge in [0, 0.05) is 11.1 Å². The molecular formula is C28H24N2O6. The maximum atomic E-state index is 11.1. The van der Waals surface area contributed by atoms with Crippen LogP contribution >= 0.6 is 0 Å². The largest absolute Gasteiger partial charge is 0.487 e. The van der Waals surface area contributed by atoms with Crippen LogP contribution in [0.25, 0.3) is 11.4 Å². The summed E-state index contributed by atoms with van der Waals surface area (Å²) < 4.78 is 11.7. The van der Waals surface area contributed by atoms with Crippen molar-refractivity contribution < 1.29 is 29.3 Å². The minimum Gasteiger partial charge on any atom is -0.487 e. The van der Waals surface area contributed by atoms with E-state index in [0.717, 1.165) is 0 Å². The van der Waals surface area contributed by atoms with Crippen LogP contribution in [0.3, 0.4) is 0 Å². The fraction of sp³-hybridized carbons (Fsp3) is 0.143. The van der Waals surface area contributed by atoms with Crippen molar-refractivity contribution in [3.05, 3.63) is 107 Å². The van der Waals surface area contributed by atoms with Gasteiger partial charge in [0.2, 0.25) is 0 Å². The lowest BCUT2D eigenvalue weighted by atomic mass is 10.1. The molecular weight excluding hydrogens is 460 g/mol. The van der Waals surface area contributed by atoms with Crippen molar-refractivity contribution in [3.63, 3.8) is 0 Å².